The largest absolute Gasteiger partial charge is 0.303 e. The minimum Gasteiger partial charge on any atom is -0.303 e. The topological polar surface area (TPSA) is 60.2 Å². The molecule has 1 rings (SSSR count). The molecule has 0 fully saturated rings. The van der Waals surface area contributed by atoms with Gasteiger partial charge in [-0.2, -0.15) is 0 Å². The van der Waals surface area contributed by atoms with Gasteiger partial charge in [0.25, 0.3) is 0 Å². The Labute approximate surface area is 120 Å². The number of carbonyl (C=O) groups is 1. The molecule has 1 aromatic rings. The number of aldehydes is 1. The standard InChI is InChI=1S/C14H19F2NO2S/c1-13(2,20(17)19)9-14(3,7-8-18)10-5-4-6-11(15)12(10)16/h4-6,8H,7,9,17H2,1-3H3/t14-,20?/m0/s1. The lowest BCUT2D eigenvalue weighted by Gasteiger charge is -2.35. The second-order valence-corrected chi connectivity index (χ2v) is 7.47. The second-order valence-electron chi connectivity index (χ2n) is 5.77. The molecule has 0 aromatic heterocycles. The highest BCUT2D eigenvalue weighted by atomic mass is 32.2. The van der Waals surface area contributed by atoms with E-state index < -0.39 is 32.8 Å². The van der Waals surface area contributed by atoms with Crippen LogP contribution >= 0.6 is 0 Å². The van der Waals surface area contributed by atoms with E-state index >= 15 is 0 Å². The zero-order valence-corrected chi connectivity index (χ0v) is 12.6. The van der Waals surface area contributed by atoms with Gasteiger partial charge in [0.1, 0.15) is 6.29 Å². The van der Waals surface area contributed by atoms with Crippen LogP contribution in [0.4, 0.5) is 8.78 Å². The lowest BCUT2D eigenvalue weighted by molar-refractivity contribution is -0.108. The van der Waals surface area contributed by atoms with Crippen LogP contribution in [0.3, 0.4) is 0 Å². The maximum atomic E-state index is 14.0. The summed E-state index contributed by atoms with van der Waals surface area (Å²) < 4.78 is 38.1. The molecular weight excluding hydrogens is 284 g/mol. The Morgan fingerprint density at radius 2 is 1.90 bits per heavy atom. The molecule has 3 nitrogen and oxygen atoms in total. The predicted octanol–water partition coefficient (Wildman–Crippen LogP) is 2.60. The molecular formula is C14H19F2NO2S. The van der Waals surface area contributed by atoms with E-state index in [9.17, 15) is 17.8 Å². The summed E-state index contributed by atoms with van der Waals surface area (Å²) in [6.07, 6.45) is 0.843. The minimum atomic E-state index is -1.64. The van der Waals surface area contributed by atoms with E-state index in [1.165, 1.54) is 12.1 Å². The Kier molecular flexibility index (Phi) is 5.15. The van der Waals surface area contributed by atoms with Crippen LogP contribution in [-0.2, 0) is 21.2 Å². The molecule has 2 atom stereocenters. The molecule has 0 radical (unpaired) electrons. The molecule has 0 saturated carbocycles. The summed E-state index contributed by atoms with van der Waals surface area (Å²) in [5.74, 6) is -1.94. The molecule has 0 heterocycles. The molecule has 0 aliphatic heterocycles. The van der Waals surface area contributed by atoms with Crippen LogP contribution in [0.15, 0.2) is 18.2 Å². The van der Waals surface area contributed by atoms with E-state index in [1.807, 2.05) is 0 Å². The SMILES string of the molecule is CC(C)(C[C@](C)(CC=O)c1cccc(F)c1F)S(N)=O. The molecule has 20 heavy (non-hydrogen) atoms. The summed E-state index contributed by atoms with van der Waals surface area (Å²) in [6, 6.07) is 3.85. The summed E-state index contributed by atoms with van der Waals surface area (Å²) in [6.45, 7) is 4.99. The number of nitrogens with two attached hydrogens (primary N) is 1. The maximum Gasteiger partial charge on any atom is 0.162 e. The van der Waals surface area contributed by atoms with Gasteiger partial charge in [0, 0.05) is 11.8 Å². The third kappa shape index (κ3) is 3.49. The molecule has 0 spiro atoms. The predicted molar refractivity (Wildman–Crippen MR) is 75.4 cm³/mol. The minimum absolute atomic E-state index is 0.00595. The summed E-state index contributed by atoms with van der Waals surface area (Å²) in [5, 5.41) is 5.44. The first-order chi connectivity index (χ1) is 9.14. The fourth-order valence-corrected chi connectivity index (χ4v) is 2.90. The fraction of sp³-hybridized carbons (Fsp3) is 0.500. The van der Waals surface area contributed by atoms with Gasteiger partial charge in [-0.1, -0.05) is 19.1 Å². The van der Waals surface area contributed by atoms with Crippen LogP contribution < -0.4 is 5.14 Å². The number of benzene rings is 1. The molecule has 112 valence electrons. The van der Waals surface area contributed by atoms with E-state index in [4.69, 9.17) is 5.14 Å². The Morgan fingerprint density at radius 1 is 1.30 bits per heavy atom. The molecule has 1 unspecified atom stereocenters. The summed E-state index contributed by atoms with van der Waals surface area (Å²) in [7, 11) is -1.64. The van der Waals surface area contributed by atoms with Gasteiger partial charge in [0.05, 0.1) is 15.7 Å². The van der Waals surface area contributed by atoms with Gasteiger partial charge in [0.2, 0.25) is 0 Å². The molecule has 6 heteroatoms. The lowest BCUT2D eigenvalue weighted by atomic mass is 9.73. The van der Waals surface area contributed by atoms with E-state index in [0.29, 0.717) is 6.29 Å². The Morgan fingerprint density at radius 3 is 2.40 bits per heavy atom. The summed E-state index contributed by atoms with van der Waals surface area (Å²) >= 11 is 0. The van der Waals surface area contributed by atoms with Crippen molar-refractivity contribution in [2.75, 3.05) is 0 Å². The van der Waals surface area contributed by atoms with Crippen molar-refractivity contribution in [2.24, 2.45) is 5.14 Å². The van der Waals surface area contributed by atoms with E-state index in [2.05, 4.69) is 0 Å². The first kappa shape index (κ1) is 16.9. The number of hydrogen-bond donors (Lipinski definition) is 1. The highest BCUT2D eigenvalue weighted by molar-refractivity contribution is 7.84. The Bertz CT molecular complexity index is 534. The number of carbonyl (C=O) groups excluding carboxylic acids is 1. The van der Waals surface area contributed by atoms with Crippen molar-refractivity contribution in [1.82, 2.24) is 0 Å². The van der Waals surface area contributed by atoms with Crippen molar-refractivity contribution in [1.29, 1.82) is 0 Å². The van der Waals surface area contributed by atoms with Crippen molar-refractivity contribution in [3.63, 3.8) is 0 Å². The molecule has 0 aliphatic carbocycles. The quantitative estimate of drug-likeness (QED) is 0.821. The second kappa shape index (κ2) is 6.10. The third-order valence-corrected chi connectivity index (χ3v) is 4.73. The normalized spacial score (nSPS) is 16.5. The molecule has 1 aromatic carbocycles. The van der Waals surface area contributed by atoms with Gasteiger partial charge >= 0.3 is 0 Å². The van der Waals surface area contributed by atoms with Crippen molar-refractivity contribution >= 4 is 17.3 Å². The first-order valence-electron chi connectivity index (χ1n) is 6.18. The van der Waals surface area contributed by atoms with Crippen molar-refractivity contribution in [3.8, 4) is 0 Å². The first-order valence-corrected chi connectivity index (χ1v) is 7.40. The van der Waals surface area contributed by atoms with Gasteiger partial charge in [-0.15, -0.1) is 0 Å². The van der Waals surface area contributed by atoms with Crippen LogP contribution in [0, 0.1) is 11.6 Å². The van der Waals surface area contributed by atoms with Gasteiger partial charge < -0.3 is 4.79 Å². The van der Waals surface area contributed by atoms with Crippen molar-refractivity contribution in [2.45, 2.75) is 43.8 Å². The maximum absolute atomic E-state index is 14.0. The molecule has 0 aliphatic rings. The smallest absolute Gasteiger partial charge is 0.162 e. The molecule has 0 bridgehead atoms. The zero-order valence-electron chi connectivity index (χ0n) is 11.8. The van der Waals surface area contributed by atoms with Crippen LogP contribution in [-0.4, -0.2) is 15.2 Å². The summed E-state index contributed by atoms with van der Waals surface area (Å²) in [4.78, 5) is 10.9. The highest BCUT2D eigenvalue weighted by Gasteiger charge is 2.38. The van der Waals surface area contributed by atoms with Crippen molar-refractivity contribution < 1.29 is 17.8 Å². The van der Waals surface area contributed by atoms with Crippen LogP contribution in [0.25, 0.3) is 0 Å². The number of hydrogen-bond acceptors (Lipinski definition) is 2. The molecule has 0 saturated heterocycles. The van der Waals surface area contributed by atoms with Gasteiger partial charge in [-0.3, -0.25) is 5.14 Å². The van der Waals surface area contributed by atoms with Crippen molar-refractivity contribution in [3.05, 3.63) is 35.4 Å². The lowest BCUT2D eigenvalue weighted by Crippen LogP contribution is -2.40. The number of rotatable bonds is 6. The number of halogens is 2. The summed E-state index contributed by atoms with van der Waals surface area (Å²) in [5.41, 5.74) is -0.866. The van der Waals surface area contributed by atoms with Crippen LogP contribution in [0.1, 0.15) is 39.2 Å². The average Bonchev–Trinajstić information content (AvgIpc) is 2.31. The Balaban J connectivity index is 3.31. The monoisotopic (exact) mass is 303 g/mol. The molecule has 0 amide bonds. The average molecular weight is 303 g/mol. The van der Waals surface area contributed by atoms with Gasteiger partial charge in [-0.25, -0.2) is 13.0 Å². The van der Waals surface area contributed by atoms with Crippen LogP contribution in [0.2, 0.25) is 0 Å². The third-order valence-electron chi connectivity index (χ3n) is 3.50. The van der Waals surface area contributed by atoms with Crippen LogP contribution in [0.5, 0.6) is 0 Å². The fourth-order valence-electron chi connectivity index (χ4n) is 2.44. The highest BCUT2D eigenvalue weighted by Crippen LogP contribution is 2.38. The zero-order chi connectivity index (χ0) is 15.6. The molecule has 2 N–H and O–H groups in total. The van der Waals surface area contributed by atoms with Gasteiger partial charge in [-0.05, 0) is 31.9 Å². The van der Waals surface area contributed by atoms with E-state index in [0.717, 1.165) is 6.07 Å². The van der Waals surface area contributed by atoms with E-state index in [1.54, 1.807) is 20.8 Å². The van der Waals surface area contributed by atoms with E-state index in [-0.39, 0.29) is 18.4 Å². The van der Waals surface area contributed by atoms with Gasteiger partial charge in [0.15, 0.2) is 11.6 Å². The Hall–Kier alpha value is -1.14.